The lowest BCUT2D eigenvalue weighted by atomic mass is 10.3. The highest BCUT2D eigenvalue weighted by molar-refractivity contribution is 5.96. The Bertz CT molecular complexity index is 385. The van der Waals surface area contributed by atoms with Gasteiger partial charge in [-0.3, -0.25) is 0 Å². The van der Waals surface area contributed by atoms with Crippen molar-refractivity contribution in [2.75, 3.05) is 6.54 Å². The molecule has 1 rings (SSSR count). The summed E-state index contributed by atoms with van der Waals surface area (Å²) in [5.74, 6) is 1.30. The molecule has 0 unspecified atom stereocenters. The second-order valence-electron chi connectivity index (χ2n) is 3.23. The predicted molar refractivity (Wildman–Crippen MR) is 63.7 cm³/mol. The Morgan fingerprint density at radius 2 is 2.56 bits per heavy atom. The third kappa shape index (κ3) is 4.47. The van der Waals surface area contributed by atoms with Gasteiger partial charge in [0.15, 0.2) is 0 Å². The molecule has 0 atom stereocenters. The lowest BCUT2D eigenvalue weighted by Crippen LogP contribution is -2.22. The zero-order valence-electron chi connectivity index (χ0n) is 9.31. The Morgan fingerprint density at radius 1 is 1.69 bits per heavy atom. The number of nitriles is 1. The zero-order valence-corrected chi connectivity index (χ0v) is 9.31. The molecule has 0 aromatic carbocycles. The summed E-state index contributed by atoms with van der Waals surface area (Å²) in [6, 6.07) is 3.65. The predicted octanol–water partition coefficient (Wildman–Crippen LogP) is 2.56. The fraction of sp³-hybridized carbons (Fsp3) is 0.333. The van der Waals surface area contributed by atoms with Gasteiger partial charge in [0, 0.05) is 6.54 Å². The molecule has 1 heterocycles. The molecule has 0 fully saturated rings. The Kier molecular flexibility index (Phi) is 5.49. The van der Waals surface area contributed by atoms with Crippen LogP contribution in [0.4, 0.5) is 0 Å². The van der Waals surface area contributed by atoms with Gasteiger partial charge in [-0.15, -0.1) is 0 Å². The number of furan rings is 1. The number of hydrogen-bond acceptors (Lipinski definition) is 3. The van der Waals surface area contributed by atoms with Crippen molar-refractivity contribution >= 4 is 11.9 Å². The van der Waals surface area contributed by atoms with E-state index in [0.29, 0.717) is 5.84 Å². The molecular weight excluding hydrogens is 202 g/mol. The Labute approximate surface area is 95.3 Å². The molecule has 84 valence electrons. The van der Waals surface area contributed by atoms with E-state index in [-0.39, 0.29) is 0 Å². The summed E-state index contributed by atoms with van der Waals surface area (Å²) < 4.78 is 5.14. The van der Waals surface area contributed by atoms with Gasteiger partial charge in [-0.05, 0) is 30.7 Å². The van der Waals surface area contributed by atoms with E-state index in [4.69, 9.17) is 9.68 Å². The van der Waals surface area contributed by atoms with Crippen LogP contribution in [0.25, 0.3) is 6.08 Å². The van der Waals surface area contributed by atoms with Crippen LogP contribution in [0.3, 0.4) is 0 Å². The van der Waals surface area contributed by atoms with Gasteiger partial charge in [-0.25, -0.2) is 0 Å². The first-order valence-electron chi connectivity index (χ1n) is 5.29. The van der Waals surface area contributed by atoms with Crippen LogP contribution in [0, 0.1) is 11.5 Å². The zero-order chi connectivity index (χ0) is 11.6. The molecular formula is C12H15N3O. The first-order valence-corrected chi connectivity index (χ1v) is 5.29. The highest BCUT2D eigenvalue weighted by Gasteiger charge is 1.94. The van der Waals surface area contributed by atoms with Gasteiger partial charge >= 0.3 is 0 Å². The van der Waals surface area contributed by atoms with Crippen LogP contribution >= 0.6 is 0 Å². The first-order chi connectivity index (χ1) is 7.86. The van der Waals surface area contributed by atoms with E-state index >= 15 is 0 Å². The normalized spacial score (nSPS) is 11.6. The van der Waals surface area contributed by atoms with Crippen LogP contribution < -0.4 is 5.32 Å². The number of nitrogens with zero attached hydrogens (tertiary/aromatic N) is 2. The maximum absolute atomic E-state index is 8.52. The monoisotopic (exact) mass is 217 g/mol. The fourth-order valence-electron chi connectivity index (χ4n) is 1.13. The van der Waals surface area contributed by atoms with Crippen molar-refractivity contribution in [1.29, 1.82) is 5.26 Å². The summed E-state index contributed by atoms with van der Waals surface area (Å²) in [5, 5.41) is 11.6. The lowest BCUT2D eigenvalue weighted by Gasteiger charge is -2.02. The number of amidine groups is 1. The average Bonchev–Trinajstić information content (AvgIpc) is 2.79. The van der Waals surface area contributed by atoms with Crippen molar-refractivity contribution in [3.8, 4) is 6.19 Å². The van der Waals surface area contributed by atoms with Gasteiger partial charge < -0.3 is 9.73 Å². The van der Waals surface area contributed by atoms with Gasteiger partial charge in [-0.1, -0.05) is 13.3 Å². The Hall–Kier alpha value is -2.02. The second kappa shape index (κ2) is 7.30. The molecule has 4 heteroatoms. The number of unbranched alkanes of at least 4 members (excludes halogenated alkanes) is 1. The van der Waals surface area contributed by atoms with Crippen molar-refractivity contribution in [3.63, 3.8) is 0 Å². The fourth-order valence-corrected chi connectivity index (χ4v) is 1.13. The van der Waals surface area contributed by atoms with Gasteiger partial charge in [0.05, 0.1) is 6.26 Å². The van der Waals surface area contributed by atoms with E-state index in [2.05, 4.69) is 17.2 Å². The third-order valence-corrected chi connectivity index (χ3v) is 1.96. The molecule has 4 nitrogen and oxygen atoms in total. The van der Waals surface area contributed by atoms with E-state index in [9.17, 15) is 0 Å². The molecule has 1 aromatic rings. The number of rotatable bonds is 5. The minimum Gasteiger partial charge on any atom is -0.465 e. The summed E-state index contributed by atoms with van der Waals surface area (Å²) in [7, 11) is 0. The van der Waals surface area contributed by atoms with Crippen LogP contribution in [0.5, 0.6) is 0 Å². The second-order valence-corrected chi connectivity index (χ2v) is 3.23. The summed E-state index contributed by atoms with van der Waals surface area (Å²) >= 11 is 0. The summed E-state index contributed by atoms with van der Waals surface area (Å²) in [6.07, 6.45) is 9.04. The van der Waals surface area contributed by atoms with Crippen LogP contribution in [0.15, 0.2) is 33.9 Å². The average molecular weight is 217 g/mol. The van der Waals surface area contributed by atoms with Gasteiger partial charge in [0.25, 0.3) is 0 Å². The topological polar surface area (TPSA) is 61.3 Å². The molecule has 0 bridgehead atoms. The highest BCUT2D eigenvalue weighted by Crippen LogP contribution is 2.02. The van der Waals surface area contributed by atoms with Crippen molar-refractivity contribution < 1.29 is 4.42 Å². The first kappa shape index (κ1) is 12.1. The number of aliphatic imine (C=N–C) groups is 1. The van der Waals surface area contributed by atoms with E-state index in [1.165, 1.54) is 0 Å². The molecule has 0 saturated carbocycles. The minimum absolute atomic E-state index is 0.562. The molecule has 1 N–H and O–H groups in total. The maximum Gasteiger partial charge on any atom is 0.207 e. The molecule has 0 radical (unpaired) electrons. The molecule has 1 aromatic heterocycles. The molecule has 0 spiro atoms. The van der Waals surface area contributed by atoms with Crippen LogP contribution in [0.1, 0.15) is 25.5 Å². The summed E-state index contributed by atoms with van der Waals surface area (Å²) in [6.45, 7) is 2.93. The van der Waals surface area contributed by atoms with E-state index in [0.717, 1.165) is 25.1 Å². The standard InChI is InChI=1S/C12H15N3O/c1-2-3-8-14-12(15-10-13)7-6-11-5-4-9-16-11/h4-7,9H,2-3,8H2,1H3,(H,14,15)/b7-6+. The van der Waals surface area contributed by atoms with Gasteiger partial charge in [-0.2, -0.15) is 10.3 Å². The summed E-state index contributed by atoms with van der Waals surface area (Å²) in [5.41, 5.74) is 0. The Morgan fingerprint density at radius 3 is 3.19 bits per heavy atom. The third-order valence-electron chi connectivity index (χ3n) is 1.96. The van der Waals surface area contributed by atoms with E-state index in [1.54, 1.807) is 24.6 Å². The van der Waals surface area contributed by atoms with E-state index < -0.39 is 0 Å². The lowest BCUT2D eigenvalue weighted by molar-refractivity contribution is 0.557. The van der Waals surface area contributed by atoms with Crippen molar-refractivity contribution in [1.82, 2.24) is 5.32 Å². The highest BCUT2D eigenvalue weighted by atomic mass is 16.3. The molecule has 0 aliphatic heterocycles. The van der Waals surface area contributed by atoms with Crippen LogP contribution in [-0.2, 0) is 0 Å². The molecule has 0 aliphatic rings. The quantitative estimate of drug-likeness (QED) is 0.357. The van der Waals surface area contributed by atoms with Gasteiger partial charge in [0.1, 0.15) is 11.6 Å². The number of nitrogens with one attached hydrogen (secondary N) is 1. The van der Waals surface area contributed by atoms with Crippen LogP contribution in [0.2, 0.25) is 0 Å². The van der Waals surface area contributed by atoms with Gasteiger partial charge in [0.2, 0.25) is 6.19 Å². The molecule has 16 heavy (non-hydrogen) atoms. The minimum atomic E-state index is 0.562. The van der Waals surface area contributed by atoms with E-state index in [1.807, 2.05) is 12.1 Å². The summed E-state index contributed by atoms with van der Waals surface area (Å²) in [4.78, 5) is 3.68. The molecule has 0 amide bonds. The largest absolute Gasteiger partial charge is 0.465 e. The number of hydrogen-bond donors (Lipinski definition) is 1. The van der Waals surface area contributed by atoms with Crippen molar-refractivity contribution in [2.24, 2.45) is 4.99 Å². The van der Waals surface area contributed by atoms with Crippen LogP contribution in [-0.4, -0.2) is 12.4 Å². The van der Waals surface area contributed by atoms with Crippen molar-refractivity contribution in [2.45, 2.75) is 19.8 Å². The maximum atomic E-state index is 8.52. The molecule has 0 saturated heterocycles. The smallest absolute Gasteiger partial charge is 0.207 e. The van der Waals surface area contributed by atoms with Crippen molar-refractivity contribution in [3.05, 3.63) is 30.2 Å². The Balaban J connectivity index is 2.52. The molecule has 0 aliphatic carbocycles. The SMILES string of the molecule is CCCCNC(/C=C/c1ccco1)=N/C#N.